The van der Waals surface area contributed by atoms with Gasteiger partial charge >= 0.3 is 6.09 Å². The lowest BCUT2D eigenvalue weighted by atomic mass is 9.99. The lowest BCUT2D eigenvalue weighted by molar-refractivity contribution is -0.120. The first-order valence-corrected chi connectivity index (χ1v) is 8.59. The molecule has 0 bridgehead atoms. The molecule has 0 saturated carbocycles. The van der Waals surface area contributed by atoms with Crippen molar-refractivity contribution in [1.29, 1.82) is 0 Å². The van der Waals surface area contributed by atoms with E-state index in [-0.39, 0.29) is 29.5 Å². The van der Waals surface area contributed by atoms with E-state index < -0.39 is 41.6 Å². The van der Waals surface area contributed by atoms with Crippen molar-refractivity contribution < 1.29 is 28.2 Å². The van der Waals surface area contributed by atoms with Crippen LogP contribution in [0.15, 0.2) is 16.6 Å². The van der Waals surface area contributed by atoms with Crippen LogP contribution in [0.4, 0.5) is 13.6 Å². The largest absolute Gasteiger partial charge is 0.444 e. The van der Waals surface area contributed by atoms with Gasteiger partial charge in [0.1, 0.15) is 17.2 Å². The molecule has 1 atom stereocenters. The quantitative estimate of drug-likeness (QED) is 0.706. The first kappa shape index (κ1) is 21.5. The molecule has 0 unspecified atom stereocenters. The van der Waals surface area contributed by atoms with Crippen LogP contribution < -0.4 is 5.32 Å². The summed E-state index contributed by atoms with van der Waals surface area (Å²) >= 11 is 2.97. The molecular weight excluding hydrogens is 400 g/mol. The average Bonchev–Trinajstić information content (AvgIpc) is 2.45. The van der Waals surface area contributed by atoms with Gasteiger partial charge in [-0.1, -0.05) is 15.9 Å². The summed E-state index contributed by atoms with van der Waals surface area (Å²) in [7, 11) is 0. The summed E-state index contributed by atoms with van der Waals surface area (Å²) in [5, 5.41) is 11.3. The molecule has 0 radical (unpaired) electrons. The molecule has 140 valence electrons. The van der Waals surface area contributed by atoms with Crippen LogP contribution in [-0.4, -0.2) is 35.2 Å². The third-order valence-corrected chi connectivity index (χ3v) is 3.65. The molecule has 1 aromatic rings. The molecule has 0 aliphatic carbocycles. The zero-order chi connectivity index (χ0) is 19.2. The average molecular weight is 422 g/mol. The molecule has 1 aromatic carbocycles. The number of Topliss-reactive ketones (excluding diaryl/α,β-unsaturated/α-hetero) is 1. The minimum atomic E-state index is -1.01. The number of benzene rings is 1. The molecule has 0 aliphatic rings. The van der Waals surface area contributed by atoms with Crippen LogP contribution in [0, 0.1) is 11.6 Å². The van der Waals surface area contributed by atoms with Gasteiger partial charge in [-0.3, -0.25) is 4.79 Å². The van der Waals surface area contributed by atoms with Gasteiger partial charge in [0.05, 0.1) is 6.04 Å². The molecular formula is C17H22BrF2NO4. The van der Waals surface area contributed by atoms with E-state index in [4.69, 9.17) is 9.84 Å². The number of carbonyl (C=O) groups is 2. The minimum Gasteiger partial charge on any atom is -0.444 e. The van der Waals surface area contributed by atoms with Crippen molar-refractivity contribution >= 4 is 27.8 Å². The van der Waals surface area contributed by atoms with Crippen LogP contribution in [0.25, 0.3) is 0 Å². The van der Waals surface area contributed by atoms with Gasteiger partial charge in [-0.25, -0.2) is 13.6 Å². The molecule has 0 saturated heterocycles. The molecule has 0 fully saturated rings. The van der Waals surface area contributed by atoms with Gasteiger partial charge in [-0.05, 0) is 45.7 Å². The molecule has 8 heteroatoms. The number of ketones is 1. The summed E-state index contributed by atoms with van der Waals surface area (Å²) in [6.07, 6.45) is -0.941. The Morgan fingerprint density at radius 2 is 1.84 bits per heavy atom. The highest BCUT2D eigenvalue weighted by atomic mass is 79.9. The summed E-state index contributed by atoms with van der Waals surface area (Å²) in [6.45, 7) is 4.83. The lowest BCUT2D eigenvalue weighted by Gasteiger charge is -2.23. The first-order valence-electron chi connectivity index (χ1n) is 7.80. The lowest BCUT2D eigenvalue weighted by Crippen LogP contribution is -2.44. The summed E-state index contributed by atoms with van der Waals surface area (Å²) in [5.41, 5.74) is -1.12. The van der Waals surface area contributed by atoms with Crippen molar-refractivity contribution in [2.45, 2.75) is 51.7 Å². The fraction of sp³-hybridized carbons (Fsp3) is 0.529. The number of hydrogen-bond acceptors (Lipinski definition) is 4. The highest BCUT2D eigenvalue weighted by molar-refractivity contribution is 9.10. The van der Waals surface area contributed by atoms with Gasteiger partial charge in [0, 0.05) is 23.1 Å². The second kappa shape index (κ2) is 9.24. The van der Waals surface area contributed by atoms with E-state index in [0.717, 1.165) is 12.1 Å². The molecule has 1 rings (SSSR count). The highest BCUT2D eigenvalue weighted by Crippen LogP contribution is 2.21. The molecule has 0 heterocycles. The van der Waals surface area contributed by atoms with E-state index in [1.54, 1.807) is 20.8 Å². The van der Waals surface area contributed by atoms with Crippen molar-refractivity contribution in [2.24, 2.45) is 0 Å². The third-order valence-electron chi connectivity index (χ3n) is 3.19. The number of ether oxygens (including phenoxy) is 1. The fourth-order valence-corrected chi connectivity index (χ4v) is 2.50. The van der Waals surface area contributed by atoms with Gasteiger partial charge in [0.2, 0.25) is 0 Å². The number of halogens is 3. The smallest absolute Gasteiger partial charge is 0.408 e. The summed E-state index contributed by atoms with van der Waals surface area (Å²) < 4.78 is 33.1. The van der Waals surface area contributed by atoms with Crippen molar-refractivity contribution in [3.63, 3.8) is 0 Å². The van der Waals surface area contributed by atoms with Crippen LogP contribution in [-0.2, 0) is 16.0 Å². The molecule has 2 N–H and O–H groups in total. The number of alkyl carbamates (subject to hydrolysis) is 1. The SMILES string of the molecule is CC(C)(C)OC(=O)N[C@H](CCCO)C(=O)Cc1c(F)cc(Br)cc1F. The Labute approximate surface area is 153 Å². The van der Waals surface area contributed by atoms with E-state index in [0.29, 0.717) is 0 Å². The summed E-state index contributed by atoms with van der Waals surface area (Å²) in [4.78, 5) is 24.3. The van der Waals surface area contributed by atoms with E-state index in [9.17, 15) is 18.4 Å². The van der Waals surface area contributed by atoms with Gasteiger partial charge in [-0.2, -0.15) is 0 Å². The number of aliphatic hydroxyl groups is 1. The Balaban J connectivity index is 2.88. The molecule has 0 aromatic heterocycles. The van der Waals surface area contributed by atoms with Crippen molar-refractivity contribution in [3.8, 4) is 0 Å². The van der Waals surface area contributed by atoms with E-state index in [1.165, 1.54) is 0 Å². The topological polar surface area (TPSA) is 75.6 Å². The Morgan fingerprint density at radius 1 is 1.28 bits per heavy atom. The zero-order valence-electron chi connectivity index (χ0n) is 14.4. The van der Waals surface area contributed by atoms with E-state index >= 15 is 0 Å². The summed E-state index contributed by atoms with van der Waals surface area (Å²) in [6, 6.07) is 1.12. The van der Waals surface area contributed by atoms with Crippen LogP contribution in [0.5, 0.6) is 0 Å². The Bertz CT molecular complexity index is 609. The second-order valence-corrected chi connectivity index (χ2v) is 7.47. The molecule has 0 spiro atoms. The Morgan fingerprint density at radius 3 is 2.32 bits per heavy atom. The maximum atomic E-state index is 13.9. The Kier molecular flexibility index (Phi) is 7.95. The predicted molar refractivity (Wildman–Crippen MR) is 92.2 cm³/mol. The first-order chi connectivity index (χ1) is 11.5. The normalized spacial score (nSPS) is 12.6. The fourth-order valence-electron chi connectivity index (χ4n) is 2.10. The third kappa shape index (κ3) is 7.48. The van der Waals surface area contributed by atoms with Crippen LogP contribution >= 0.6 is 15.9 Å². The second-order valence-electron chi connectivity index (χ2n) is 6.56. The van der Waals surface area contributed by atoms with Gasteiger partial charge in [-0.15, -0.1) is 0 Å². The molecule has 1 amide bonds. The van der Waals surface area contributed by atoms with Crippen LogP contribution in [0.1, 0.15) is 39.2 Å². The number of aliphatic hydroxyl groups excluding tert-OH is 1. The number of amides is 1. The molecule has 25 heavy (non-hydrogen) atoms. The van der Waals surface area contributed by atoms with Gasteiger partial charge in [0.25, 0.3) is 0 Å². The minimum absolute atomic E-state index is 0.133. The van der Waals surface area contributed by atoms with Crippen LogP contribution in [0.2, 0.25) is 0 Å². The summed E-state index contributed by atoms with van der Waals surface area (Å²) in [5.74, 6) is -2.27. The predicted octanol–water partition coefficient (Wildman–Crippen LogP) is 3.50. The number of carbonyl (C=O) groups excluding carboxylic acids is 2. The zero-order valence-corrected chi connectivity index (χ0v) is 16.0. The van der Waals surface area contributed by atoms with E-state index in [2.05, 4.69) is 21.2 Å². The van der Waals surface area contributed by atoms with Gasteiger partial charge in [0.15, 0.2) is 5.78 Å². The van der Waals surface area contributed by atoms with E-state index in [1.807, 2.05) is 0 Å². The number of rotatable bonds is 7. The number of hydrogen-bond donors (Lipinski definition) is 2. The Hall–Kier alpha value is -1.54. The highest BCUT2D eigenvalue weighted by Gasteiger charge is 2.26. The maximum Gasteiger partial charge on any atom is 0.408 e. The van der Waals surface area contributed by atoms with Crippen molar-refractivity contribution in [3.05, 3.63) is 33.8 Å². The maximum absolute atomic E-state index is 13.9. The monoisotopic (exact) mass is 421 g/mol. The molecule has 5 nitrogen and oxygen atoms in total. The van der Waals surface area contributed by atoms with Gasteiger partial charge < -0.3 is 15.2 Å². The van der Waals surface area contributed by atoms with Crippen molar-refractivity contribution in [1.82, 2.24) is 5.32 Å². The van der Waals surface area contributed by atoms with Crippen LogP contribution in [0.3, 0.4) is 0 Å². The standard InChI is InChI=1S/C17H22BrF2NO4/c1-17(2,3)25-16(24)21-14(5-4-6-22)15(23)9-11-12(19)7-10(18)8-13(11)20/h7-8,14,22H,4-6,9H2,1-3H3,(H,21,24)/t14-/m1/s1. The van der Waals surface area contributed by atoms with Crippen molar-refractivity contribution in [2.75, 3.05) is 6.61 Å². The number of nitrogens with one attached hydrogen (secondary N) is 1. The molecule has 0 aliphatic heterocycles.